The molecule has 0 saturated heterocycles. The zero-order valence-corrected chi connectivity index (χ0v) is 12.7. The SMILES string of the molecule is CC(Nc1c(Cl)cc(F)cc1Br)c1cc(F)ccc1F. The van der Waals surface area contributed by atoms with Gasteiger partial charge in [0.05, 0.1) is 16.8 Å². The molecule has 0 fully saturated rings. The van der Waals surface area contributed by atoms with E-state index in [1.165, 1.54) is 6.07 Å². The third kappa shape index (κ3) is 3.27. The molecular formula is C14H10BrClF3N. The molecule has 0 aliphatic heterocycles. The Kier molecular flexibility index (Phi) is 4.60. The Morgan fingerprint density at radius 3 is 2.45 bits per heavy atom. The Morgan fingerprint density at radius 2 is 1.80 bits per heavy atom. The van der Waals surface area contributed by atoms with Crippen molar-refractivity contribution in [3.05, 3.63) is 62.8 Å². The Balaban J connectivity index is 2.32. The Labute approximate surface area is 127 Å². The minimum absolute atomic E-state index is 0.153. The number of hydrogen-bond donors (Lipinski definition) is 1. The molecule has 0 aliphatic carbocycles. The number of hydrogen-bond acceptors (Lipinski definition) is 1. The highest BCUT2D eigenvalue weighted by Crippen LogP contribution is 2.34. The topological polar surface area (TPSA) is 12.0 Å². The number of benzene rings is 2. The van der Waals surface area contributed by atoms with Crippen LogP contribution in [0.25, 0.3) is 0 Å². The molecule has 2 aromatic carbocycles. The van der Waals surface area contributed by atoms with Gasteiger partial charge in [0, 0.05) is 10.0 Å². The normalized spacial score (nSPS) is 12.3. The van der Waals surface area contributed by atoms with Crippen LogP contribution in [0.3, 0.4) is 0 Å². The summed E-state index contributed by atoms with van der Waals surface area (Å²) in [4.78, 5) is 0. The second kappa shape index (κ2) is 6.06. The smallest absolute Gasteiger partial charge is 0.128 e. The van der Waals surface area contributed by atoms with E-state index in [9.17, 15) is 13.2 Å². The molecular weight excluding hydrogens is 355 g/mol. The van der Waals surface area contributed by atoms with E-state index in [4.69, 9.17) is 11.6 Å². The number of halogens is 5. The summed E-state index contributed by atoms with van der Waals surface area (Å²) in [7, 11) is 0. The van der Waals surface area contributed by atoms with Crippen molar-refractivity contribution in [3.63, 3.8) is 0 Å². The van der Waals surface area contributed by atoms with Gasteiger partial charge >= 0.3 is 0 Å². The van der Waals surface area contributed by atoms with E-state index in [0.29, 0.717) is 10.2 Å². The van der Waals surface area contributed by atoms with Gasteiger partial charge in [0.15, 0.2) is 0 Å². The van der Waals surface area contributed by atoms with Crippen LogP contribution < -0.4 is 5.32 Å². The molecule has 1 N–H and O–H groups in total. The van der Waals surface area contributed by atoms with E-state index in [-0.39, 0.29) is 10.6 Å². The largest absolute Gasteiger partial charge is 0.376 e. The molecule has 20 heavy (non-hydrogen) atoms. The summed E-state index contributed by atoms with van der Waals surface area (Å²) in [6.07, 6.45) is 0. The number of anilines is 1. The van der Waals surface area contributed by atoms with Crippen LogP contribution in [0, 0.1) is 17.5 Å². The second-order valence-corrected chi connectivity index (χ2v) is 5.54. The average Bonchev–Trinajstić information content (AvgIpc) is 2.36. The first-order valence-electron chi connectivity index (χ1n) is 5.74. The fourth-order valence-corrected chi connectivity index (χ4v) is 2.74. The molecule has 0 amide bonds. The standard InChI is InChI=1S/C14H10BrClF3N/c1-7(10-4-8(17)2-3-13(10)19)20-14-11(15)5-9(18)6-12(14)16/h2-7,20H,1H3. The van der Waals surface area contributed by atoms with Crippen molar-refractivity contribution in [1.82, 2.24) is 0 Å². The van der Waals surface area contributed by atoms with Crippen LogP contribution in [0.4, 0.5) is 18.9 Å². The minimum Gasteiger partial charge on any atom is -0.376 e. The molecule has 106 valence electrons. The highest BCUT2D eigenvalue weighted by atomic mass is 79.9. The molecule has 0 aliphatic rings. The molecule has 0 bridgehead atoms. The van der Waals surface area contributed by atoms with E-state index >= 15 is 0 Å². The Bertz CT molecular complexity index is 625. The van der Waals surface area contributed by atoms with Crippen molar-refractivity contribution in [2.75, 3.05) is 5.32 Å². The maximum Gasteiger partial charge on any atom is 0.128 e. The van der Waals surface area contributed by atoms with Crippen LogP contribution in [-0.2, 0) is 0 Å². The summed E-state index contributed by atoms with van der Waals surface area (Å²) in [5.41, 5.74) is 0.585. The van der Waals surface area contributed by atoms with Crippen LogP contribution in [0.2, 0.25) is 5.02 Å². The van der Waals surface area contributed by atoms with Gasteiger partial charge in [0.2, 0.25) is 0 Å². The molecule has 6 heteroatoms. The minimum atomic E-state index is -0.537. The highest BCUT2D eigenvalue weighted by molar-refractivity contribution is 9.10. The third-order valence-electron chi connectivity index (χ3n) is 2.79. The lowest BCUT2D eigenvalue weighted by molar-refractivity contribution is 0.577. The summed E-state index contributed by atoms with van der Waals surface area (Å²) in [5, 5.41) is 3.09. The molecule has 0 spiro atoms. The molecule has 1 nitrogen and oxygen atoms in total. The van der Waals surface area contributed by atoms with Gasteiger partial charge in [-0.25, -0.2) is 13.2 Å². The monoisotopic (exact) mass is 363 g/mol. The lowest BCUT2D eigenvalue weighted by Gasteiger charge is -2.18. The van der Waals surface area contributed by atoms with Crippen LogP contribution in [0.5, 0.6) is 0 Å². The molecule has 1 unspecified atom stereocenters. The lowest BCUT2D eigenvalue weighted by Crippen LogP contribution is -2.10. The fraction of sp³-hybridized carbons (Fsp3) is 0.143. The summed E-state index contributed by atoms with van der Waals surface area (Å²) in [5.74, 6) is -1.54. The van der Waals surface area contributed by atoms with E-state index in [2.05, 4.69) is 21.2 Å². The number of nitrogens with one attached hydrogen (secondary N) is 1. The first kappa shape index (κ1) is 15.2. The van der Waals surface area contributed by atoms with Gasteiger partial charge in [0.1, 0.15) is 17.5 Å². The van der Waals surface area contributed by atoms with Crippen LogP contribution in [0.1, 0.15) is 18.5 Å². The van der Waals surface area contributed by atoms with E-state index < -0.39 is 23.5 Å². The van der Waals surface area contributed by atoms with Crippen LogP contribution in [0.15, 0.2) is 34.8 Å². The van der Waals surface area contributed by atoms with Crippen molar-refractivity contribution in [1.29, 1.82) is 0 Å². The molecule has 0 radical (unpaired) electrons. The molecule has 1 atom stereocenters. The van der Waals surface area contributed by atoms with Crippen molar-refractivity contribution in [2.24, 2.45) is 0 Å². The zero-order valence-electron chi connectivity index (χ0n) is 10.4. The van der Waals surface area contributed by atoms with Crippen molar-refractivity contribution in [2.45, 2.75) is 13.0 Å². The van der Waals surface area contributed by atoms with E-state index in [1.807, 2.05) is 0 Å². The molecule has 0 heterocycles. The van der Waals surface area contributed by atoms with Crippen LogP contribution in [-0.4, -0.2) is 0 Å². The quantitative estimate of drug-likeness (QED) is 0.737. The first-order valence-corrected chi connectivity index (χ1v) is 6.91. The summed E-state index contributed by atoms with van der Waals surface area (Å²) in [6, 6.07) is 5.06. The molecule has 0 saturated carbocycles. The predicted molar refractivity (Wildman–Crippen MR) is 77.5 cm³/mol. The maximum atomic E-state index is 13.7. The number of rotatable bonds is 3. The Morgan fingerprint density at radius 1 is 1.10 bits per heavy atom. The predicted octanol–water partition coefficient (Wildman–Crippen LogP) is 5.69. The second-order valence-electron chi connectivity index (χ2n) is 4.28. The highest BCUT2D eigenvalue weighted by Gasteiger charge is 2.15. The molecule has 2 rings (SSSR count). The maximum absolute atomic E-state index is 13.7. The van der Waals surface area contributed by atoms with Gasteiger partial charge in [-0.15, -0.1) is 0 Å². The van der Waals surface area contributed by atoms with Crippen molar-refractivity contribution in [3.8, 4) is 0 Å². The Hall–Kier alpha value is -1.20. The van der Waals surface area contributed by atoms with Crippen LogP contribution >= 0.6 is 27.5 Å². The summed E-state index contributed by atoms with van der Waals surface area (Å²) in [6.45, 7) is 1.66. The summed E-state index contributed by atoms with van der Waals surface area (Å²) >= 11 is 9.11. The van der Waals surface area contributed by atoms with Gasteiger partial charge in [-0.3, -0.25) is 0 Å². The first-order chi connectivity index (χ1) is 9.38. The summed E-state index contributed by atoms with van der Waals surface area (Å²) < 4.78 is 40.4. The lowest BCUT2D eigenvalue weighted by atomic mass is 10.1. The van der Waals surface area contributed by atoms with Crippen molar-refractivity contribution < 1.29 is 13.2 Å². The third-order valence-corrected chi connectivity index (χ3v) is 3.72. The van der Waals surface area contributed by atoms with E-state index in [1.54, 1.807) is 6.92 Å². The van der Waals surface area contributed by atoms with Gasteiger partial charge in [-0.2, -0.15) is 0 Å². The zero-order chi connectivity index (χ0) is 14.9. The van der Waals surface area contributed by atoms with Gasteiger partial charge < -0.3 is 5.32 Å². The molecule has 0 aromatic heterocycles. The average molecular weight is 365 g/mol. The van der Waals surface area contributed by atoms with E-state index in [0.717, 1.165) is 24.3 Å². The van der Waals surface area contributed by atoms with Crippen molar-refractivity contribution >= 4 is 33.2 Å². The van der Waals surface area contributed by atoms with Gasteiger partial charge in [0.25, 0.3) is 0 Å². The fourth-order valence-electron chi connectivity index (χ4n) is 1.82. The van der Waals surface area contributed by atoms with Gasteiger partial charge in [-0.1, -0.05) is 11.6 Å². The van der Waals surface area contributed by atoms with Gasteiger partial charge in [-0.05, 0) is 53.2 Å². The molecule has 2 aromatic rings.